The van der Waals surface area contributed by atoms with Gasteiger partial charge < -0.3 is 174 Å². The molecule has 0 aromatic carbocycles. The number of ether oxygens (including phenoxy) is 14. The van der Waals surface area contributed by atoms with Crippen molar-refractivity contribution in [2.24, 2.45) is 5.73 Å². The van der Waals surface area contributed by atoms with Crippen molar-refractivity contribution >= 4 is 0 Å². The first kappa shape index (κ1) is 61.7. The first-order valence-corrected chi connectivity index (χ1v) is 24.7. The monoisotopic (exact) mass is 1130 g/mol. The average Bonchev–Trinajstić information content (AvgIpc) is 3.46. The van der Waals surface area contributed by atoms with Crippen LogP contribution < -0.4 is 5.73 Å². The van der Waals surface area contributed by atoms with E-state index in [1.54, 1.807) is 0 Å². The summed E-state index contributed by atoms with van der Waals surface area (Å²) < 4.78 is 80.4. The number of hydrogen-bond donors (Lipinski definition) is 21. The van der Waals surface area contributed by atoms with Gasteiger partial charge in [0.15, 0.2) is 44.0 Å². The molecule has 22 N–H and O–H groups in total. The SMILES string of the molecule is N[C@H]1[C@H](OC[C@H]2O[C@@H]3O[C@H]4[C@H](O)[C@@H](O)[C@@H](O[C@H]5[C@H](O)[C@@H](O)[C@@H](O[C@H]6[C@H](O)[C@@H](O)[C@@H](O[C@H]7[C@H](O)[C@@H](O)[C@@H](O[C@H]8[C@H](O)[C@@H](O)[C@@H](O[C@H]2[C@H](O)[C@H]3O)O[C@@H]8CO)O[C@@H]7CO)O[C@@H]6CO)O[C@@H]5CO)O[C@@H]4CO)O[C@H](CO)[C@@H](O)[C@@H]1O. The molecular formula is C42H71NO34. The second-order valence-corrected chi connectivity index (χ2v) is 19.8. The molecule has 35 atom stereocenters. The molecule has 0 radical (unpaired) electrons. The van der Waals surface area contributed by atoms with Gasteiger partial charge in [0.2, 0.25) is 0 Å². The molecule has 0 aromatic rings. The van der Waals surface area contributed by atoms with Crippen LogP contribution in [0.3, 0.4) is 0 Å². The second kappa shape index (κ2) is 26.0. The predicted octanol–water partition coefficient (Wildman–Crippen LogP) is -15.3. The van der Waals surface area contributed by atoms with Crippen molar-refractivity contribution < 1.29 is 168 Å². The highest BCUT2D eigenvalue weighted by Crippen LogP contribution is 2.38. The van der Waals surface area contributed by atoms with Gasteiger partial charge in [0.1, 0.15) is 165 Å². The lowest BCUT2D eigenvalue weighted by atomic mass is 9.94. The van der Waals surface area contributed by atoms with E-state index in [1.165, 1.54) is 0 Å². The fraction of sp³-hybridized carbons (Fsp3) is 1.00. The van der Waals surface area contributed by atoms with Gasteiger partial charge in [-0.3, -0.25) is 0 Å². The Labute approximate surface area is 434 Å². The van der Waals surface area contributed by atoms with Gasteiger partial charge in [-0.15, -0.1) is 0 Å². The predicted molar refractivity (Wildman–Crippen MR) is 230 cm³/mol. The molecule has 0 saturated carbocycles. The van der Waals surface area contributed by atoms with Crippen LogP contribution in [0.2, 0.25) is 0 Å². The smallest absolute Gasteiger partial charge is 0.187 e. The van der Waals surface area contributed by atoms with E-state index in [1.807, 2.05) is 0 Å². The maximum Gasteiger partial charge on any atom is 0.187 e. The molecule has 448 valence electrons. The van der Waals surface area contributed by atoms with Crippen molar-refractivity contribution in [3.8, 4) is 0 Å². The van der Waals surface area contributed by atoms with Crippen molar-refractivity contribution in [3.63, 3.8) is 0 Å². The van der Waals surface area contributed by atoms with Crippen LogP contribution in [-0.4, -0.2) is 363 Å². The molecule has 0 amide bonds. The van der Waals surface area contributed by atoms with Crippen LogP contribution in [0.1, 0.15) is 0 Å². The lowest BCUT2D eigenvalue weighted by molar-refractivity contribution is -0.405. The lowest BCUT2D eigenvalue weighted by Crippen LogP contribution is -2.69. The number of rotatable bonds is 9. The first-order chi connectivity index (χ1) is 36.6. The number of aliphatic hydroxyl groups excluding tert-OH is 20. The maximum absolute atomic E-state index is 11.7. The molecular weight excluding hydrogens is 1060 g/mol. The Balaban J connectivity index is 1.11. The van der Waals surface area contributed by atoms with Crippen LogP contribution in [0, 0.1) is 0 Å². The minimum atomic E-state index is -2.27. The molecule has 23 aliphatic heterocycles. The summed E-state index contributed by atoms with van der Waals surface area (Å²) in [4.78, 5) is 0. The topological polar surface area (TPSA) is 560 Å². The third-order valence-electron chi connectivity index (χ3n) is 14.8. The zero-order chi connectivity index (χ0) is 56.1. The molecule has 23 heterocycles. The summed E-state index contributed by atoms with van der Waals surface area (Å²) in [6.07, 6.45) is -67.3. The maximum atomic E-state index is 11.7. The van der Waals surface area contributed by atoms with Gasteiger partial charge in [0.25, 0.3) is 0 Å². The quantitative estimate of drug-likeness (QED) is 0.102. The van der Waals surface area contributed by atoms with Gasteiger partial charge in [-0.2, -0.15) is 0 Å². The zero-order valence-electron chi connectivity index (χ0n) is 40.4. The van der Waals surface area contributed by atoms with Gasteiger partial charge in [-0.1, -0.05) is 0 Å². The molecule has 0 unspecified atom stereocenters. The third-order valence-corrected chi connectivity index (χ3v) is 14.8. The van der Waals surface area contributed by atoms with E-state index in [-0.39, 0.29) is 0 Å². The molecule has 0 aliphatic carbocycles. The summed E-state index contributed by atoms with van der Waals surface area (Å²) in [5, 5.41) is 219. The summed E-state index contributed by atoms with van der Waals surface area (Å²) in [6.45, 7) is -6.93. The Morgan fingerprint density at radius 1 is 0.247 bits per heavy atom. The van der Waals surface area contributed by atoms with Gasteiger partial charge in [-0.25, -0.2) is 0 Å². The van der Waals surface area contributed by atoms with Crippen molar-refractivity contribution in [1.29, 1.82) is 0 Å². The Kier molecular flexibility index (Phi) is 20.8. The Morgan fingerprint density at radius 3 is 0.701 bits per heavy atom. The molecule has 23 rings (SSSR count). The van der Waals surface area contributed by atoms with Crippen molar-refractivity contribution in [1.82, 2.24) is 0 Å². The largest absolute Gasteiger partial charge is 0.394 e. The van der Waals surface area contributed by atoms with E-state index in [0.29, 0.717) is 0 Å². The molecule has 0 aromatic heterocycles. The fourth-order valence-electron chi connectivity index (χ4n) is 10.4. The third kappa shape index (κ3) is 12.2. The summed E-state index contributed by atoms with van der Waals surface area (Å²) in [7, 11) is 0. The Bertz CT molecular complexity index is 1830. The number of nitrogens with two attached hydrogens (primary N) is 1. The molecule has 35 heteroatoms. The van der Waals surface area contributed by atoms with Crippen LogP contribution in [0.5, 0.6) is 0 Å². The highest BCUT2D eigenvalue weighted by molar-refractivity contribution is 5.01. The highest BCUT2D eigenvalue weighted by atomic mass is 16.8. The summed E-state index contributed by atoms with van der Waals surface area (Å²) in [5.74, 6) is 0. The van der Waals surface area contributed by atoms with Crippen LogP contribution >= 0.6 is 0 Å². The van der Waals surface area contributed by atoms with Crippen LogP contribution in [0.15, 0.2) is 0 Å². The standard InChI is InChI=1S/C42H71NO34/c43-15-17(51)16(50)8(1-44)65-36(15)64-7-14-35-23(57)29(63)42(71-14)76-34-13(6-49)69-40(27(61)21(34)55)74-32-11(4-47)67-38(25(59)19(32)53)72-30-9(2-45)66-37(24(58)18(30)52)73-31-10(3-46)68-39(26(60)20(31)54)75-33-12(5-48)70-41(77-35)28(62)22(33)56/h8-42,44-63H,1-7,43H2/t8-,9-,10-,11-,12-,13-,14-,15-,16-,17-,18-,19-,20-,21-,22-,23-,24-,25-,26-,27-,28-,29-,30-,31-,32-,33-,34-,35-,36-,37-,38-,39-,40-,41-,42-/m1/s1. The molecule has 23 fully saturated rings. The molecule has 12 bridgehead atoms. The van der Waals surface area contributed by atoms with Gasteiger partial charge >= 0.3 is 0 Å². The molecule has 35 nitrogen and oxygen atoms in total. The van der Waals surface area contributed by atoms with Gasteiger partial charge in [0.05, 0.1) is 52.3 Å². The van der Waals surface area contributed by atoms with Crippen LogP contribution in [0.25, 0.3) is 0 Å². The zero-order valence-corrected chi connectivity index (χ0v) is 40.4. The fourth-order valence-corrected chi connectivity index (χ4v) is 10.4. The van der Waals surface area contributed by atoms with Gasteiger partial charge in [0, 0.05) is 0 Å². The Hall–Kier alpha value is -1.40. The van der Waals surface area contributed by atoms with Crippen molar-refractivity contribution in [2.75, 3.05) is 46.2 Å². The van der Waals surface area contributed by atoms with E-state index >= 15 is 0 Å². The number of hydrogen-bond acceptors (Lipinski definition) is 35. The summed E-state index contributed by atoms with van der Waals surface area (Å²) in [5.41, 5.74) is 6.06. The van der Waals surface area contributed by atoms with Crippen molar-refractivity contribution in [2.45, 2.75) is 215 Å². The summed E-state index contributed by atoms with van der Waals surface area (Å²) in [6, 6.07) is -1.52. The molecule has 23 aliphatic rings. The van der Waals surface area contributed by atoms with E-state index < -0.39 is 261 Å². The lowest BCUT2D eigenvalue weighted by Gasteiger charge is -2.51. The van der Waals surface area contributed by atoms with E-state index in [2.05, 4.69) is 0 Å². The minimum Gasteiger partial charge on any atom is -0.394 e. The normalized spacial score (nSPS) is 55.2. The molecule has 23 saturated heterocycles. The average molecular weight is 1130 g/mol. The second-order valence-electron chi connectivity index (χ2n) is 19.8. The first-order valence-electron chi connectivity index (χ1n) is 24.7. The van der Waals surface area contributed by atoms with Crippen molar-refractivity contribution in [3.05, 3.63) is 0 Å². The minimum absolute atomic E-state index is 0.833. The van der Waals surface area contributed by atoms with E-state index in [9.17, 15) is 102 Å². The molecule has 0 spiro atoms. The highest BCUT2D eigenvalue weighted by Gasteiger charge is 2.59. The van der Waals surface area contributed by atoms with E-state index in [4.69, 9.17) is 72.0 Å². The molecule has 77 heavy (non-hydrogen) atoms. The van der Waals surface area contributed by atoms with Crippen LogP contribution in [-0.2, 0) is 66.3 Å². The van der Waals surface area contributed by atoms with Gasteiger partial charge in [-0.05, 0) is 0 Å². The Morgan fingerprint density at radius 2 is 0.468 bits per heavy atom. The summed E-state index contributed by atoms with van der Waals surface area (Å²) >= 11 is 0. The number of aliphatic hydroxyl groups is 20. The van der Waals surface area contributed by atoms with Crippen LogP contribution in [0.4, 0.5) is 0 Å². The van der Waals surface area contributed by atoms with E-state index in [0.717, 1.165) is 0 Å².